The number of piperazine rings is 2. The Labute approximate surface area is 173 Å². The highest BCUT2D eigenvalue weighted by Crippen LogP contribution is 2.28. The molecule has 0 unspecified atom stereocenters. The van der Waals surface area contributed by atoms with Gasteiger partial charge in [0, 0.05) is 64.6 Å². The SMILES string of the molecule is Cc1nc(N2CCN(C)CC2)cc(N2CCN(c3nccc(C(F)(F)F)n3)CC2)n1. The van der Waals surface area contributed by atoms with Crippen molar-refractivity contribution in [3.63, 3.8) is 0 Å². The predicted molar refractivity (Wildman–Crippen MR) is 108 cm³/mol. The van der Waals surface area contributed by atoms with E-state index in [2.05, 4.69) is 41.7 Å². The van der Waals surface area contributed by atoms with Crippen LogP contribution >= 0.6 is 0 Å². The Morgan fingerprint density at radius 3 is 1.90 bits per heavy atom. The Bertz CT molecular complexity index is 874. The first kappa shape index (κ1) is 20.6. The Hall–Kier alpha value is -2.69. The van der Waals surface area contributed by atoms with Gasteiger partial charge in [-0.25, -0.2) is 19.9 Å². The van der Waals surface area contributed by atoms with E-state index in [0.717, 1.165) is 50.1 Å². The van der Waals surface area contributed by atoms with Crippen molar-refractivity contribution in [2.75, 3.05) is 74.1 Å². The van der Waals surface area contributed by atoms with Gasteiger partial charge in [-0.05, 0) is 20.0 Å². The minimum Gasteiger partial charge on any atom is -0.354 e. The highest BCUT2D eigenvalue weighted by Gasteiger charge is 2.33. The second-order valence-corrected chi connectivity index (χ2v) is 7.64. The Morgan fingerprint density at radius 2 is 1.33 bits per heavy atom. The summed E-state index contributed by atoms with van der Waals surface area (Å²) in [5, 5.41) is 0. The van der Waals surface area contributed by atoms with E-state index in [0.29, 0.717) is 32.0 Å². The van der Waals surface area contributed by atoms with Gasteiger partial charge in [0.05, 0.1) is 0 Å². The average molecular weight is 422 g/mol. The highest BCUT2D eigenvalue weighted by molar-refractivity contribution is 5.52. The lowest BCUT2D eigenvalue weighted by Crippen LogP contribution is -2.48. The van der Waals surface area contributed by atoms with Crippen molar-refractivity contribution in [1.29, 1.82) is 0 Å². The molecule has 0 bridgehead atoms. The molecule has 4 rings (SSSR count). The third-order valence-corrected chi connectivity index (χ3v) is 5.46. The van der Waals surface area contributed by atoms with Crippen LogP contribution in [0.4, 0.5) is 30.8 Å². The molecule has 0 amide bonds. The van der Waals surface area contributed by atoms with Crippen LogP contribution in [0, 0.1) is 6.92 Å². The van der Waals surface area contributed by atoms with Crippen molar-refractivity contribution in [3.05, 3.63) is 29.8 Å². The van der Waals surface area contributed by atoms with Gasteiger partial charge in [0.25, 0.3) is 0 Å². The van der Waals surface area contributed by atoms with Crippen molar-refractivity contribution in [1.82, 2.24) is 24.8 Å². The van der Waals surface area contributed by atoms with Gasteiger partial charge in [0.1, 0.15) is 23.2 Å². The second kappa shape index (κ2) is 8.21. The molecule has 0 aliphatic carbocycles. The molecular formula is C19H25F3N8. The van der Waals surface area contributed by atoms with E-state index in [4.69, 9.17) is 0 Å². The van der Waals surface area contributed by atoms with E-state index < -0.39 is 11.9 Å². The molecule has 8 nitrogen and oxygen atoms in total. The fraction of sp³-hybridized carbons (Fsp3) is 0.579. The van der Waals surface area contributed by atoms with Crippen LogP contribution in [0.25, 0.3) is 0 Å². The molecule has 2 aliphatic heterocycles. The number of rotatable bonds is 3. The molecule has 0 N–H and O–H groups in total. The first-order valence-corrected chi connectivity index (χ1v) is 9.99. The van der Waals surface area contributed by atoms with Crippen LogP contribution in [0.1, 0.15) is 11.5 Å². The first-order valence-electron chi connectivity index (χ1n) is 9.99. The third kappa shape index (κ3) is 4.55. The van der Waals surface area contributed by atoms with Crippen molar-refractivity contribution < 1.29 is 13.2 Å². The summed E-state index contributed by atoms with van der Waals surface area (Å²) in [7, 11) is 2.11. The molecule has 0 aromatic carbocycles. The van der Waals surface area contributed by atoms with E-state index in [9.17, 15) is 13.2 Å². The molecule has 0 saturated carbocycles. The molecule has 2 fully saturated rings. The molecule has 2 aromatic heterocycles. The van der Waals surface area contributed by atoms with Crippen LogP contribution in [0.15, 0.2) is 18.3 Å². The van der Waals surface area contributed by atoms with E-state index in [1.54, 1.807) is 4.90 Å². The maximum absolute atomic E-state index is 12.9. The van der Waals surface area contributed by atoms with Crippen LogP contribution in [0.2, 0.25) is 0 Å². The summed E-state index contributed by atoms with van der Waals surface area (Å²) in [5.41, 5.74) is -0.918. The van der Waals surface area contributed by atoms with Crippen molar-refractivity contribution in [2.45, 2.75) is 13.1 Å². The van der Waals surface area contributed by atoms with Gasteiger partial charge < -0.3 is 19.6 Å². The summed E-state index contributed by atoms with van der Waals surface area (Å²) >= 11 is 0. The summed E-state index contributed by atoms with van der Waals surface area (Å²) < 4.78 is 38.8. The molecule has 30 heavy (non-hydrogen) atoms. The Morgan fingerprint density at radius 1 is 0.800 bits per heavy atom. The highest BCUT2D eigenvalue weighted by atomic mass is 19.4. The predicted octanol–water partition coefficient (Wildman–Crippen LogP) is 1.67. The zero-order chi connectivity index (χ0) is 21.3. The monoisotopic (exact) mass is 422 g/mol. The summed E-state index contributed by atoms with van der Waals surface area (Å²) in [5.74, 6) is 2.60. The molecule has 0 radical (unpaired) electrons. The van der Waals surface area contributed by atoms with E-state index in [1.807, 2.05) is 13.0 Å². The minimum absolute atomic E-state index is 0.112. The number of halogens is 3. The molecule has 0 spiro atoms. The number of nitrogens with zero attached hydrogens (tertiary/aromatic N) is 8. The minimum atomic E-state index is -4.47. The number of hydrogen-bond acceptors (Lipinski definition) is 8. The molecule has 2 aliphatic rings. The number of aryl methyl sites for hydroxylation is 1. The fourth-order valence-electron chi connectivity index (χ4n) is 3.69. The number of anilines is 3. The molecule has 11 heteroatoms. The van der Waals surface area contributed by atoms with Gasteiger partial charge in [-0.3, -0.25) is 0 Å². The van der Waals surface area contributed by atoms with Gasteiger partial charge >= 0.3 is 6.18 Å². The first-order chi connectivity index (χ1) is 14.3. The van der Waals surface area contributed by atoms with Crippen molar-refractivity contribution >= 4 is 17.6 Å². The van der Waals surface area contributed by atoms with Crippen molar-refractivity contribution in [3.8, 4) is 0 Å². The zero-order valence-corrected chi connectivity index (χ0v) is 17.1. The number of alkyl halides is 3. The summed E-state index contributed by atoms with van der Waals surface area (Å²) in [6.07, 6.45) is -3.31. The largest absolute Gasteiger partial charge is 0.433 e. The van der Waals surface area contributed by atoms with Gasteiger partial charge in [-0.15, -0.1) is 0 Å². The number of hydrogen-bond donors (Lipinski definition) is 0. The summed E-state index contributed by atoms with van der Waals surface area (Å²) in [6.45, 7) is 8.01. The smallest absolute Gasteiger partial charge is 0.354 e. The molecule has 2 saturated heterocycles. The van der Waals surface area contributed by atoms with Gasteiger partial charge in [0.2, 0.25) is 5.95 Å². The molecular weight excluding hydrogens is 397 g/mol. The van der Waals surface area contributed by atoms with Crippen LogP contribution in [-0.2, 0) is 6.18 Å². The lowest BCUT2D eigenvalue weighted by molar-refractivity contribution is -0.141. The maximum Gasteiger partial charge on any atom is 0.433 e. The van der Waals surface area contributed by atoms with Gasteiger partial charge in [0.15, 0.2) is 0 Å². The second-order valence-electron chi connectivity index (χ2n) is 7.64. The quantitative estimate of drug-likeness (QED) is 0.740. The Balaban J connectivity index is 1.44. The van der Waals surface area contributed by atoms with Crippen LogP contribution in [-0.4, -0.2) is 84.2 Å². The van der Waals surface area contributed by atoms with Crippen molar-refractivity contribution in [2.24, 2.45) is 0 Å². The summed E-state index contributed by atoms with van der Waals surface area (Å²) in [4.78, 5) is 25.4. The van der Waals surface area contributed by atoms with E-state index in [1.165, 1.54) is 0 Å². The van der Waals surface area contributed by atoms with Crippen LogP contribution < -0.4 is 14.7 Å². The maximum atomic E-state index is 12.9. The van der Waals surface area contributed by atoms with Gasteiger partial charge in [-0.2, -0.15) is 13.2 Å². The average Bonchev–Trinajstić information content (AvgIpc) is 2.73. The lowest BCUT2D eigenvalue weighted by atomic mass is 10.3. The van der Waals surface area contributed by atoms with Crippen LogP contribution in [0.3, 0.4) is 0 Å². The summed E-state index contributed by atoms with van der Waals surface area (Å²) in [6, 6.07) is 2.90. The van der Waals surface area contributed by atoms with Crippen LogP contribution in [0.5, 0.6) is 0 Å². The number of likely N-dealkylation sites (N-methyl/N-ethyl adjacent to an activating group) is 1. The lowest BCUT2D eigenvalue weighted by Gasteiger charge is -2.36. The Kier molecular flexibility index (Phi) is 5.63. The van der Waals surface area contributed by atoms with E-state index >= 15 is 0 Å². The third-order valence-electron chi connectivity index (χ3n) is 5.46. The van der Waals surface area contributed by atoms with E-state index in [-0.39, 0.29) is 5.95 Å². The topological polar surface area (TPSA) is 64.5 Å². The standard InChI is InChI=1S/C19H25F3N8/c1-14-24-16(28-7-5-27(2)6-8-28)13-17(25-14)29-9-11-30(12-10-29)18-23-4-3-15(26-18)19(20,21)22/h3-4,13H,5-12H2,1-2H3. The molecule has 0 atom stereocenters. The molecule has 162 valence electrons. The normalized spacial score (nSPS) is 18.8. The molecule has 2 aromatic rings. The fourth-order valence-corrected chi connectivity index (χ4v) is 3.69. The molecule has 4 heterocycles. The number of aromatic nitrogens is 4. The zero-order valence-electron chi connectivity index (χ0n) is 17.1. The van der Waals surface area contributed by atoms with Gasteiger partial charge in [-0.1, -0.05) is 0 Å².